The Morgan fingerprint density at radius 1 is 1.64 bits per heavy atom. The van der Waals surface area contributed by atoms with Gasteiger partial charge in [0.25, 0.3) is 0 Å². The second kappa shape index (κ2) is 7.32. The summed E-state index contributed by atoms with van der Waals surface area (Å²) < 4.78 is 0. The lowest BCUT2D eigenvalue weighted by Crippen LogP contribution is -2.23. The molecule has 0 saturated heterocycles. The highest BCUT2D eigenvalue weighted by Crippen LogP contribution is 1.94. The molecule has 11 heavy (non-hydrogen) atoms. The van der Waals surface area contributed by atoms with Crippen LogP contribution in [-0.2, 0) is 4.79 Å². The molecule has 0 heterocycles. The van der Waals surface area contributed by atoms with Gasteiger partial charge in [0.2, 0.25) is 5.91 Å². The van der Waals surface area contributed by atoms with Gasteiger partial charge in [-0.1, -0.05) is 13.0 Å². The van der Waals surface area contributed by atoms with Crippen LogP contribution in [0.4, 0.5) is 0 Å². The van der Waals surface area contributed by atoms with Crippen molar-refractivity contribution < 1.29 is 4.79 Å². The molecule has 0 aliphatic heterocycles. The lowest BCUT2D eigenvalue weighted by atomic mass is 10.2. The molecule has 0 unspecified atom stereocenters. The molecule has 1 amide bonds. The van der Waals surface area contributed by atoms with E-state index in [-0.39, 0.29) is 5.91 Å². The number of amides is 1. The molecule has 0 aliphatic rings. The molecule has 0 aromatic rings. The average Bonchev–Trinajstić information content (AvgIpc) is 2.01. The Morgan fingerprint density at radius 2 is 2.36 bits per heavy atom. The Hall–Kier alpha value is -0.790. The van der Waals surface area contributed by atoms with E-state index in [1.54, 1.807) is 0 Å². The summed E-state index contributed by atoms with van der Waals surface area (Å²) >= 11 is 0. The number of carbonyl (C=O) groups is 1. The van der Waals surface area contributed by atoms with Crippen LogP contribution in [0.3, 0.4) is 0 Å². The Morgan fingerprint density at radius 3 is 2.91 bits per heavy atom. The highest BCUT2D eigenvalue weighted by atomic mass is 16.1. The summed E-state index contributed by atoms with van der Waals surface area (Å²) in [4.78, 5) is 10.9. The van der Waals surface area contributed by atoms with Crippen LogP contribution in [0.2, 0.25) is 0 Å². The summed E-state index contributed by atoms with van der Waals surface area (Å²) in [5.41, 5.74) is 0. The number of unbranched alkanes of at least 4 members (excludes halogenated alkanes) is 1. The first-order valence-corrected chi connectivity index (χ1v) is 4.18. The molecule has 0 atom stereocenters. The van der Waals surface area contributed by atoms with Gasteiger partial charge in [-0.3, -0.25) is 4.79 Å². The number of hydrogen-bond donors (Lipinski definition) is 1. The van der Waals surface area contributed by atoms with Gasteiger partial charge in [-0.15, -0.1) is 6.58 Å². The zero-order valence-corrected chi connectivity index (χ0v) is 7.23. The largest absolute Gasteiger partial charge is 0.356 e. The van der Waals surface area contributed by atoms with Crippen molar-refractivity contribution >= 4 is 5.91 Å². The van der Waals surface area contributed by atoms with E-state index in [0.717, 1.165) is 25.8 Å². The molecule has 0 rings (SSSR count). The smallest absolute Gasteiger partial charge is 0.220 e. The predicted molar refractivity (Wildman–Crippen MR) is 47.3 cm³/mol. The quantitative estimate of drug-likeness (QED) is 0.460. The molecule has 0 fully saturated rings. The summed E-state index contributed by atoms with van der Waals surface area (Å²) in [6.07, 6.45) is 5.32. The molecule has 0 spiro atoms. The van der Waals surface area contributed by atoms with Crippen molar-refractivity contribution in [1.82, 2.24) is 5.32 Å². The minimum atomic E-state index is 0.161. The summed E-state index contributed by atoms with van der Waals surface area (Å²) in [6.45, 7) is 6.43. The Labute approximate surface area is 68.7 Å². The summed E-state index contributed by atoms with van der Waals surface area (Å²) in [5.74, 6) is 0.161. The Kier molecular flexibility index (Phi) is 6.79. The Balaban J connectivity index is 3.15. The molecule has 2 heteroatoms. The van der Waals surface area contributed by atoms with Gasteiger partial charge < -0.3 is 5.32 Å². The molecule has 0 aliphatic carbocycles. The van der Waals surface area contributed by atoms with Crippen molar-refractivity contribution in [2.45, 2.75) is 32.6 Å². The molecule has 2 nitrogen and oxygen atoms in total. The molecule has 0 saturated carbocycles. The third kappa shape index (κ3) is 7.10. The van der Waals surface area contributed by atoms with Gasteiger partial charge in [-0.05, 0) is 19.3 Å². The molecule has 0 aromatic heterocycles. The van der Waals surface area contributed by atoms with E-state index in [2.05, 4.69) is 11.9 Å². The number of allylic oxidation sites excluding steroid dienone is 1. The monoisotopic (exact) mass is 155 g/mol. The fourth-order valence-corrected chi connectivity index (χ4v) is 0.760. The summed E-state index contributed by atoms with van der Waals surface area (Å²) in [7, 11) is 0. The molecular weight excluding hydrogens is 138 g/mol. The van der Waals surface area contributed by atoms with Crippen molar-refractivity contribution in [3.63, 3.8) is 0 Å². The van der Waals surface area contributed by atoms with Crippen LogP contribution >= 0.6 is 0 Å². The standard InChI is InChI=1S/C9H17NO/c1-3-5-6-7-9(11)10-8-4-2/h3H,1,4-8H2,2H3,(H,10,11). The van der Waals surface area contributed by atoms with Gasteiger partial charge in [0.05, 0.1) is 0 Å². The van der Waals surface area contributed by atoms with Gasteiger partial charge in [-0.2, -0.15) is 0 Å². The van der Waals surface area contributed by atoms with Gasteiger partial charge in [0.1, 0.15) is 0 Å². The molecule has 1 N–H and O–H groups in total. The maximum absolute atomic E-state index is 10.9. The second-order valence-corrected chi connectivity index (χ2v) is 2.53. The van der Waals surface area contributed by atoms with Crippen molar-refractivity contribution in [3.05, 3.63) is 12.7 Å². The Bertz CT molecular complexity index is 121. The number of hydrogen-bond acceptors (Lipinski definition) is 1. The third-order valence-corrected chi connectivity index (χ3v) is 1.38. The molecule has 0 radical (unpaired) electrons. The predicted octanol–water partition coefficient (Wildman–Crippen LogP) is 1.87. The van der Waals surface area contributed by atoms with Crippen LogP contribution in [0.15, 0.2) is 12.7 Å². The second-order valence-electron chi connectivity index (χ2n) is 2.53. The fraction of sp³-hybridized carbons (Fsp3) is 0.667. The molecule has 0 bridgehead atoms. The number of rotatable bonds is 6. The third-order valence-electron chi connectivity index (χ3n) is 1.38. The zero-order valence-electron chi connectivity index (χ0n) is 7.23. The van der Waals surface area contributed by atoms with Gasteiger partial charge in [0, 0.05) is 13.0 Å². The maximum atomic E-state index is 10.9. The topological polar surface area (TPSA) is 29.1 Å². The normalized spacial score (nSPS) is 9.18. The first kappa shape index (κ1) is 10.2. The minimum Gasteiger partial charge on any atom is -0.356 e. The highest BCUT2D eigenvalue weighted by Gasteiger charge is 1.96. The van der Waals surface area contributed by atoms with Crippen LogP contribution in [0.5, 0.6) is 0 Å². The van der Waals surface area contributed by atoms with Gasteiger partial charge in [0.15, 0.2) is 0 Å². The molecule has 64 valence electrons. The van der Waals surface area contributed by atoms with Crippen molar-refractivity contribution in [2.24, 2.45) is 0 Å². The first-order chi connectivity index (χ1) is 5.31. The van der Waals surface area contributed by atoms with E-state index in [9.17, 15) is 4.79 Å². The first-order valence-electron chi connectivity index (χ1n) is 4.18. The van der Waals surface area contributed by atoms with Gasteiger partial charge >= 0.3 is 0 Å². The van der Waals surface area contributed by atoms with Crippen LogP contribution in [-0.4, -0.2) is 12.5 Å². The van der Waals surface area contributed by atoms with Gasteiger partial charge in [-0.25, -0.2) is 0 Å². The highest BCUT2D eigenvalue weighted by molar-refractivity contribution is 5.75. The minimum absolute atomic E-state index is 0.161. The average molecular weight is 155 g/mol. The van der Waals surface area contributed by atoms with Crippen LogP contribution in [0.25, 0.3) is 0 Å². The lowest BCUT2D eigenvalue weighted by Gasteiger charge is -2.00. The van der Waals surface area contributed by atoms with E-state index in [1.807, 2.05) is 13.0 Å². The SMILES string of the molecule is C=CCCCC(=O)NCCC. The molecular formula is C9H17NO. The van der Waals surface area contributed by atoms with Crippen LogP contribution < -0.4 is 5.32 Å². The maximum Gasteiger partial charge on any atom is 0.220 e. The van der Waals surface area contributed by atoms with E-state index in [1.165, 1.54) is 0 Å². The van der Waals surface area contributed by atoms with E-state index < -0.39 is 0 Å². The zero-order chi connectivity index (χ0) is 8.53. The molecule has 0 aromatic carbocycles. The van der Waals surface area contributed by atoms with E-state index >= 15 is 0 Å². The fourth-order valence-electron chi connectivity index (χ4n) is 0.760. The summed E-state index contributed by atoms with van der Waals surface area (Å²) in [6, 6.07) is 0. The number of carbonyl (C=O) groups excluding carboxylic acids is 1. The van der Waals surface area contributed by atoms with Crippen molar-refractivity contribution in [1.29, 1.82) is 0 Å². The van der Waals surface area contributed by atoms with Crippen molar-refractivity contribution in [3.8, 4) is 0 Å². The lowest BCUT2D eigenvalue weighted by molar-refractivity contribution is -0.121. The van der Waals surface area contributed by atoms with E-state index in [4.69, 9.17) is 0 Å². The van der Waals surface area contributed by atoms with E-state index in [0.29, 0.717) is 6.42 Å². The van der Waals surface area contributed by atoms with Crippen molar-refractivity contribution in [2.75, 3.05) is 6.54 Å². The van der Waals surface area contributed by atoms with Crippen LogP contribution in [0.1, 0.15) is 32.6 Å². The van der Waals surface area contributed by atoms with Crippen LogP contribution in [0, 0.1) is 0 Å². The summed E-state index contributed by atoms with van der Waals surface area (Å²) in [5, 5.41) is 2.82. The number of nitrogens with one attached hydrogen (secondary N) is 1.